The zero-order valence-electron chi connectivity index (χ0n) is 11.5. The van der Waals surface area contributed by atoms with E-state index in [9.17, 15) is 4.79 Å². The van der Waals surface area contributed by atoms with Gasteiger partial charge in [-0.25, -0.2) is 0 Å². The van der Waals surface area contributed by atoms with Gasteiger partial charge in [-0.1, -0.05) is 6.42 Å². The Labute approximate surface area is 113 Å². The summed E-state index contributed by atoms with van der Waals surface area (Å²) >= 11 is 0. The first-order chi connectivity index (χ1) is 9.16. The first-order valence-corrected chi connectivity index (χ1v) is 6.91. The summed E-state index contributed by atoms with van der Waals surface area (Å²) in [5.74, 6) is -0.134. The van der Waals surface area contributed by atoms with Crippen molar-refractivity contribution < 1.29 is 4.79 Å². The lowest BCUT2D eigenvalue weighted by Crippen LogP contribution is -2.40. The number of aryl methyl sites for hydroxylation is 1. The van der Waals surface area contributed by atoms with E-state index in [0.29, 0.717) is 6.54 Å². The van der Waals surface area contributed by atoms with E-state index in [2.05, 4.69) is 15.3 Å². The van der Waals surface area contributed by atoms with Gasteiger partial charge in [-0.15, -0.1) is 0 Å². The lowest BCUT2D eigenvalue weighted by atomic mass is 10.1. The maximum Gasteiger partial charge on any atom is 0.241 e. The van der Waals surface area contributed by atoms with Crippen LogP contribution in [0.3, 0.4) is 0 Å². The number of nitrogens with one attached hydrogen (secondary N) is 1. The summed E-state index contributed by atoms with van der Waals surface area (Å²) < 4.78 is 1.65. The van der Waals surface area contributed by atoms with E-state index >= 15 is 0 Å². The number of likely N-dealkylation sites (tertiary alicyclic amines) is 1. The van der Waals surface area contributed by atoms with Gasteiger partial charge >= 0.3 is 0 Å². The van der Waals surface area contributed by atoms with Crippen molar-refractivity contribution in [1.82, 2.24) is 20.0 Å². The third-order valence-electron chi connectivity index (χ3n) is 3.54. The van der Waals surface area contributed by atoms with Crippen LogP contribution in [0.25, 0.3) is 0 Å². The van der Waals surface area contributed by atoms with E-state index in [0.717, 1.165) is 25.2 Å². The van der Waals surface area contributed by atoms with Gasteiger partial charge in [0, 0.05) is 31.9 Å². The Balaban J connectivity index is 1.71. The van der Waals surface area contributed by atoms with Gasteiger partial charge in [0.05, 0.1) is 6.20 Å². The van der Waals surface area contributed by atoms with Crippen LogP contribution in [0.4, 0.5) is 0 Å². The van der Waals surface area contributed by atoms with Crippen LogP contribution in [0, 0.1) is 0 Å². The zero-order valence-corrected chi connectivity index (χ0v) is 11.5. The van der Waals surface area contributed by atoms with Gasteiger partial charge in [0.1, 0.15) is 6.04 Å². The van der Waals surface area contributed by atoms with Crippen molar-refractivity contribution in [2.45, 2.75) is 25.3 Å². The lowest BCUT2D eigenvalue weighted by Gasteiger charge is -2.26. The first-order valence-electron chi connectivity index (χ1n) is 6.91. The molecule has 0 saturated carbocycles. The normalized spacial score (nSPS) is 18.2. The maximum atomic E-state index is 11.9. The second-order valence-electron chi connectivity index (χ2n) is 5.12. The van der Waals surface area contributed by atoms with Crippen LogP contribution in [-0.2, 0) is 11.8 Å². The van der Waals surface area contributed by atoms with Gasteiger partial charge in [0.2, 0.25) is 5.91 Å². The molecule has 1 saturated heterocycles. The minimum Gasteiger partial charge on any atom is -0.353 e. The highest BCUT2D eigenvalue weighted by molar-refractivity contribution is 5.82. The topological polar surface area (TPSA) is 76.2 Å². The quantitative estimate of drug-likeness (QED) is 0.787. The van der Waals surface area contributed by atoms with E-state index in [1.54, 1.807) is 17.1 Å². The minimum absolute atomic E-state index is 0.134. The van der Waals surface area contributed by atoms with Crippen molar-refractivity contribution in [3.05, 3.63) is 18.0 Å². The number of hydrogen-bond acceptors (Lipinski definition) is 4. The summed E-state index contributed by atoms with van der Waals surface area (Å²) in [5.41, 5.74) is 6.64. The first kappa shape index (κ1) is 14.0. The maximum absolute atomic E-state index is 11.9. The fraction of sp³-hybridized carbons (Fsp3) is 0.692. The van der Waals surface area contributed by atoms with Crippen molar-refractivity contribution >= 4 is 5.91 Å². The van der Waals surface area contributed by atoms with Crippen LogP contribution >= 0.6 is 0 Å². The molecule has 1 amide bonds. The zero-order chi connectivity index (χ0) is 13.7. The Hall–Kier alpha value is -1.40. The van der Waals surface area contributed by atoms with E-state index in [-0.39, 0.29) is 5.91 Å². The smallest absolute Gasteiger partial charge is 0.241 e. The molecule has 3 N–H and O–H groups in total. The third kappa shape index (κ3) is 4.04. The Morgan fingerprint density at radius 3 is 2.84 bits per heavy atom. The number of nitrogens with two attached hydrogens (primary N) is 1. The molecule has 6 nitrogen and oxygen atoms in total. The molecule has 1 aliphatic rings. The Morgan fingerprint density at radius 2 is 2.21 bits per heavy atom. The third-order valence-corrected chi connectivity index (χ3v) is 3.54. The van der Waals surface area contributed by atoms with Crippen LogP contribution in [0.15, 0.2) is 12.4 Å². The average Bonchev–Trinajstić information content (AvgIpc) is 2.85. The highest BCUT2D eigenvalue weighted by Crippen LogP contribution is 2.09. The highest BCUT2D eigenvalue weighted by Gasteiger charge is 2.17. The minimum atomic E-state index is -0.630. The second kappa shape index (κ2) is 6.68. The SMILES string of the molecule is Cn1cc(C(N)C(=O)NCCN2CCCCC2)cn1. The standard InChI is InChI=1S/C13H23N5O/c1-17-10-11(9-16-17)12(14)13(19)15-5-8-18-6-3-2-4-7-18/h9-10,12H,2-8,14H2,1H3,(H,15,19). The summed E-state index contributed by atoms with van der Waals surface area (Å²) in [5, 5.41) is 6.92. The number of amides is 1. The molecule has 1 aromatic heterocycles. The predicted molar refractivity (Wildman–Crippen MR) is 73.4 cm³/mol. The van der Waals surface area contributed by atoms with Crippen molar-refractivity contribution in [3.8, 4) is 0 Å². The molecule has 1 aromatic rings. The molecule has 0 aliphatic carbocycles. The van der Waals surface area contributed by atoms with E-state index in [4.69, 9.17) is 5.73 Å². The number of aromatic nitrogens is 2. The van der Waals surface area contributed by atoms with Gasteiger partial charge < -0.3 is 16.0 Å². The van der Waals surface area contributed by atoms with Gasteiger partial charge in [-0.3, -0.25) is 9.48 Å². The molecule has 0 spiro atoms. The van der Waals surface area contributed by atoms with Crippen LogP contribution in [0.5, 0.6) is 0 Å². The number of piperidine rings is 1. The molecule has 106 valence electrons. The molecular formula is C13H23N5O. The molecule has 1 atom stereocenters. The largest absolute Gasteiger partial charge is 0.353 e. The molecule has 2 rings (SSSR count). The van der Waals surface area contributed by atoms with E-state index < -0.39 is 6.04 Å². The molecule has 0 radical (unpaired) electrons. The second-order valence-corrected chi connectivity index (χ2v) is 5.12. The molecule has 6 heteroatoms. The highest BCUT2D eigenvalue weighted by atomic mass is 16.2. The summed E-state index contributed by atoms with van der Waals surface area (Å²) in [6, 6.07) is -0.630. The van der Waals surface area contributed by atoms with Crippen molar-refractivity contribution in [2.75, 3.05) is 26.2 Å². The average molecular weight is 265 g/mol. The fourth-order valence-corrected chi connectivity index (χ4v) is 2.38. The molecule has 1 aliphatic heterocycles. The predicted octanol–water partition coefficient (Wildman–Crippen LogP) is 0.0220. The Morgan fingerprint density at radius 1 is 1.47 bits per heavy atom. The van der Waals surface area contributed by atoms with Gasteiger partial charge in [0.15, 0.2) is 0 Å². The summed E-state index contributed by atoms with van der Waals surface area (Å²) in [6.07, 6.45) is 7.27. The number of carbonyl (C=O) groups excluding carboxylic acids is 1. The van der Waals surface area contributed by atoms with Crippen LogP contribution in [-0.4, -0.2) is 46.8 Å². The molecule has 1 unspecified atom stereocenters. The number of nitrogens with zero attached hydrogens (tertiary/aromatic N) is 3. The van der Waals surface area contributed by atoms with Crippen LogP contribution in [0.1, 0.15) is 30.9 Å². The summed E-state index contributed by atoms with van der Waals surface area (Å²) in [4.78, 5) is 14.3. The molecule has 0 bridgehead atoms. The number of rotatable bonds is 5. The summed E-state index contributed by atoms with van der Waals surface area (Å²) in [6.45, 7) is 3.85. The van der Waals surface area contributed by atoms with Gasteiger partial charge in [-0.2, -0.15) is 5.10 Å². The van der Waals surface area contributed by atoms with Crippen LogP contribution in [0.2, 0.25) is 0 Å². The van der Waals surface area contributed by atoms with Crippen molar-refractivity contribution in [3.63, 3.8) is 0 Å². The Bertz CT molecular complexity index is 411. The van der Waals surface area contributed by atoms with Gasteiger partial charge in [0.25, 0.3) is 0 Å². The fourth-order valence-electron chi connectivity index (χ4n) is 2.38. The van der Waals surface area contributed by atoms with Crippen molar-refractivity contribution in [2.24, 2.45) is 12.8 Å². The molecule has 19 heavy (non-hydrogen) atoms. The lowest BCUT2D eigenvalue weighted by molar-refractivity contribution is -0.122. The number of carbonyl (C=O) groups is 1. The molecule has 1 fully saturated rings. The van der Waals surface area contributed by atoms with E-state index in [1.807, 2.05) is 7.05 Å². The monoisotopic (exact) mass is 265 g/mol. The molecule has 2 heterocycles. The summed E-state index contributed by atoms with van der Waals surface area (Å²) in [7, 11) is 1.81. The number of hydrogen-bond donors (Lipinski definition) is 2. The van der Waals surface area contributed by atoms with E-state index in [1.165, 1.54) is 19.3 Å². The van der Waals surface area contributed by atoms with Gasteiger partial charge in [-0.05, 0) is 25.9 Å². The molecule has 0 aromatic carbocycles. The van der Waals surface area contributed by atoms with Crippen molar-refractivity contribution in [1.29, 1.82) is 0 Å². The Kier molecular flexibility index (Phi) is 4.93. The van der Waals surface area contributed by atoms with Crippen LogP contribution < -0.4 is 11.1 Å². The molecular weight excluding hydrogens is 242 g/mol.